The maximum absolute atomic E-state index is 12.1. The lowest BCUT2D eigenvalue weighted by molar-refractivity contribution is -0.119. The van der Waals surface area contributed by atoms with Crippen LogP contribution < -0.4 is 5.32 Å². The monoisotopic (exact) mass is 248 g/mol. The fraction of sp³-hybridized carbons (Fsp3) is 0.500. The van der Waals surface area contributed by atoms with Crippen LogP contribution in [0, 0.1) is 0 Å². The van der Waals surface area contributed by atoms with Gasteiger partial charge in [0.2, 0.25) is 5.91 Å². The summed E-state index contributed by atoms with van der Waals surface area (Å²) in [5.41, 5.74) is 0.371. The van der Waals surface area contributed by atoms with Crippen molar-refractivity contribution in [2.45, 2.75) is 25.8 Å². The van der Waals surface area contributed by atoms with E-state index in [1.165, 1.54) is 19.3 Å². The molecule has 2 amide bonds. The number of likely N-dealkylation sites (tertiary alicyclic amines) is 1. The number of nitrogens with zero attached hydrogens (tertiary/aromatic N) is 3. The van der Waals surface area contributed by atoms with Gasteiger partial charge >= 0.3 is 0 Å². The Bertz CT molecular complexity index is 427. The number of aromatic nitrogens is 2. The third-order valence-corrected chi connectivity index (χ3v) is 2.97. The first-order chi connectivity index (χ1) is 8.66. The van der Waals surface area contributed by atoms with Crippen LogP contribution in [0.25, 0.3) is 0 Å². The molecule has 1 aliphatic heterocycles. The van der Waals surface area contributed by atoms with Crippen molar-refractivity contribution in [3.8, 4) is 0 Å². The molecule has 0 bridgehead atoms. The van der Waals surface area contributed by atoms with Crippen LogP contribution in [0.1, 0.15) is 30.3 Å². The van der Waals surface area contributed by atoms with E-state index in [0.717, 1.165) is 12.8 Å². The lowest BCUT2D eigenvalue weighted by atomic mass is 10.0. The summed E-state index contributed by atoms with van der Waals surface area (Å²) < 4.78 is 0. The van der Waals surface area contributed by atoms with Crippen molar-refractivity contribution in [3.05, 3.63) is 24.3 Å². The predicted octanol–water partition coefficient (Wildman–Crippen LogP) is 0.217. The molecule has 1 N–H and O–H groups in total. The highest BCUT2D eigenvalue weighted by molar-refractivity contribution is 5.92. The molecule has 0 unspecified atom stereocenters. The van der Waals surface area contributed by atoms with Crippen LogP contribution in [-0.4, -0.2) is 45.8 Å². The van der Waals surface area contributed by atoms with Crippen molar-refractivity contribution < 1.29 is 9.59 Å². The van der Waals surface area contributed by atoms with E-state index >= 15 is 0 Å². The van der Waals surface area contributed by atoms with Crippen molar-refractivity contribution >= 4 is 11.8 Å². The summed E-state index contributed by atoms with van der Waals surface area (Å²) in [6.45, 7) is 2.79. The molecule has 0 saturated carbocycles. The molecular weight excluding hydrogens is 232 g/mol. The van der Waals surface area contributed by atoms with Crippen LogP contribution in [0.2, 0.25) is 0 Å². The summed E-state index contributed by atoms with van der Waals surface area (Å²) in [4.78, 5) is 32.6. The lowest BCUT2D eigenvalue weighted by Crippen LogP contribution is -2.46. The number of piperidine rings is 1. The van der Waals surface area contributed by atoms with Gasteiger partial charge in [-0.1, -0.05) is 0 Å². The molecule has 6 heteroatoms. The van der Waals surface area contributed by atoms with Gasteiger partial charge in [0.05, 0.1) is 6.20 Å². The molecule has 1 aromatic rings. The van der Waals surface area contributed by atoms with Crippen molar-refractivity contribution in [1.82, 2.24) is 20.2 Å². The molecule has 1 aliphatic rings. The molecule has 2 rings (SSSR count). The first-order valence-corrected chi connectivity index (χ1v) is 5.99. The zero-order valence-corrected chi connectivity index (χ0v) is 10.3. The normalized spacial score (nSPS) is 16.4. The SMILES string of the molecule is CC(=O)NC1CCN(C(=O)c2cnccn2)CC1. The zero-order chi connectivity index (χ0) is 13.0. The topological polar surface area (TPSA) is 75.2 Å². The number of carbonyl (C=O) groups excluding carboxylic acids is 2. The molecule has 0 atom stereocenters. The summed E-state index contributed by atoms with van der Waals surface area (Å²) in [5.74, 6) is -0.113. The van der Waals surface area contributed by atoms with E-state index in [9.17, 15) is 9.59 Å². The molecule has 0 spiro atoms. The van der Waals surface area contributed by atoms with Gasteiger partial charge in [-0.25, -0.2) is 4.98 Å². The Morgan fingerprint density at radius 2 is 2.06 bits per heavy atom. The zero-order valence-electron chi connectivity index (χ0n) is 10.3. The minimum atomic E-state index is -0.0932. The second kappa shape index (κ2) is 5.57. The average Bonchev–Trinajstić information content (AvgIpc) is 2.39. The number of hydrogen-bond acceptors (Lipinski definition) is 4. The fourth-order valence-electron chi connectivity index (χ4n) is 2.09. The van der Waals surface area contributed by atoms with Gasteiger partial charge in [0, 0.05) is 38.4 Å². The molecule has 2 heterocycles. The molecule has 1 fully saturated rings. The summed E-state index contributed by atoms with van der Waals surface area (Å²) in [7, 11) is 0. The van der Waals surface area contributed by atoms with Crippen LogP contribution in [-0.2, 0) is 4.79 Å². The largest absolute Gasteiger partial charge is 0.353 e. The van der Waals surface area contributed by atoms with Crippen molar-refractivity contribution in [2.24, 2.45) is 0 Å². The van der Waals surface area contributed by atoms with Gasteiger partial charge in [-0.15, -0.1) is 0 Å². The molecule has 96 valence electrons. The summed E-state index contributed by atoms with van der Waals surface area (Å²) in [6.07, 6.45) is 6.09. The quantitative estimate of drug-likeness (QED) is 0.812. The third kappa shape index (κ3) is 3.03. The minimum Gasteiger partial charge on any atom is -0.353 e. The highest BCUT2D eigenvalue weighted by atomic mass is 16.2. The molecule has 1 aromatic heterocycles. The highest BCUT2D eigenvalue weighted by Crippen LogP contribution is 2.12. The number of rotatable bonds is 2. The number of amides is 2. The van der Waals surface area contributed by atoms with E-state index < -0.39 is 0 Å². The lowest BCUT2D eigenvalue weighted by Gasteiger charge is -2.31. The molecule has 0 aromatic carbocycles. The second-order valence-electron chi connectivity index (χ2n) is 4.36. The summed E-state index contributed by atoms with van der Waals surface area (Å²) in [6, 6.07) is 0.174. The Hall–Kier alpha value is -1.98. The van der Waals surface area contributed by atoms with E-state index in [4.69, 9.17) is 0 Å². The molecular formula is C12H16N4O2. The summed E-state index contributed by atoms with van der Waals surface area (Å²) in [5, 5.41) is 2.88. The number of hydrogen-bond donors (Lipinski definition) is 1. The molecule has 18 heavy (non-hydrogen) atoms. The molecule has 1 saturated heterocycles. The number of nitrogens with one attached hydrogen (secondary N) is 1. The van der Waals surface area contributed by atoms with Crippen LogP contribution >= 0.6 is 0 Å². The summed E-state index contributed by atoms with van der Waals surface area (Å²) >= 11 is 0. The van der Waals surface area contributed by atoms with E-state index in [0.29, 0.717) is 18.8 Å². The maximum Gasteiger partial charge on any atom is 0.274 e. The van der Waals surface area contributed by atoms with Gasteiger partial charge in [0.1, 0.15) is 5.69 Å². The van der Waals surface area contributed by atoms with Gasteiger partial charge < -0.3 is 10.2 Å². The smallest absolute Gasteiger partial charge is 0.274 e. The molecule has 0 aliphatic carbocycles. The second-order valence-corrected chi connectivity index (χ2v) is 4.36. The van der Waals surface area contributed by atoms with E-state index in [1.54, 1.807) is 11.1 Å². The van der Waals surface area contributed by atoms with Crippen LogP contribution in [0.3, 0.4) is 0 Å². The highest BCUT2D eigenvalue weighted by Gasteiger charge is 2.24. The standard InChI is InChI=1S/C12H16N4O2/c1-9(17)15-10-2-6-16(7-3-10)12(18)11-8-13-4-5-14-11/h4-5,8,10H,2-3,6-7H2,1H3,(H,15,17). The van der Waals surface area contributed by atoms with Gasteiger partial charge in [-0.3, -0.25) is 14.6 Å². The Balaban J connectivity index is 1.90. The Labute approximate surface area is 105 Å². The molecule has 6 nitrogen and oxygen atoms in total. The Morgan fingerprint density at radius 1 is 1.33 bits per heavy atom. The van der Waals surface area contributed by atoms with Crippen LogP contribution in [0.15, 0.2) is 18.6 Å². The van der Waals surface area contributed by atoms with Gasteiger partial charge in [0.15, 0.2) is 0 Å². The first kappa shape index (κ1) is 12.5. The van der Waals surface area contributed by atoms with E-state index in [-0.39, 0.29) is 17.9 Å². The van der Waals surface area contributed by atoms with Crippen LogP contribution in [0.5, 0.6) is 0 Å². The van der Waals surface area contributed by atoms with Crippen molar-refractivity contribution in [1.29, 1.82) is 0 Å². The van der Waals surface area contributed by atoms with Gasteiger partial charge in [0.25, 0.3) is 5.91 Å². The average molecular weight is 248 g/mol. The van der Waals surface area contributed by atoms with Crippen molar-refractivity contribution in [3.63, 3.8) is 0 Å². The number of carbonyl (C=O) groups is 2. The van der Waals surface area contributed by atoms with E-state index in [1.807, 2.05) is 0 Å². The Kier molecular flexibility index (Phi) is 3.86. The maximum atomic E-state index is 12.1. The predicted molar refractivity (Wildman–Crippen MR) is 64.8 cm³/mol. The molecule has 0 radical (unpaired) electrons. The van der Waals surface area contributed by atoms with Gasteiger partial charge in [-0.2, -0.15) is 0 Å². The first-order valence-electron chi connectivity index (χ1n) is 5.99. The van der Waals surface area contributed by atoms with Crippen LogP contribution in [0.4, 0.5) is 0 Å². The third-order valence-electron chi connectivity index (χ3n) is 2.97. The Morgan fingerprint density at radius 3 is 2.61 bits per heavy atom. The fourth-order valence-corrected chi connectivity index (χ4v) is 2.09. The minimum absolute atomic E-state index is 0.0197. The van der Waals surface area contributed by atoms with E-state index in [2.05, 4.69) is 15.3 Å². The van der Waals surface area contributed by atoms with Crippen molar-refractivity contribution in [2.75, 3.05) is 13.1 Å². The van der Waals surface area contributed by atoms with Gasteiger partial charge in [-0.05, 0) is 12.8 Å².